The first-order valence-electron chi connectivity index (χ1n) is 7.88. The second kappa shape index (κ2) is 8.98. The third kappa shape index (κ3) is 5.51. The molecule has 0 aliphatic heterocycles. The van der Waals surface area contributed by atoms with E-state index < -0.39 is 0 Å². The average Bonchev–Trinajstić information content (AvgIpc) is 2.98. The number of nitrogens with one attached hydrogen (secondary N) is 1. The molecule has 1 saturated carbocycles. The summed E-state index contributed by atoms with van der Waals surface area (Å²) in [6.45, 7) is 6.23. The Morgan fingerprint density at radius 1 is 1.20 bits per heavy atom. The molecule has 0 atom stereocenters. The Kier molecular flexibility index (Phi) is 6.89. The molecule has 1 fully saturated rings. The first-order valence-corrected chi connectivity index (χ1v) is 7.88. The van der Waals surface area contributed by atoms with Crippen LogP contribution in [0.5, 0.6) is 5.75 Å². The van der Waals surface area contributed by atoms with Gasteiger partial charge in [-0.05, 0) is 43.0 Å². The molecule has 0 aromatic heterocycles. The van der Waals surface area contributed by atoms with Crippen LogP contribution in [0.15, 0.2) is 24.3 Å². The van der Waals surface area contributed by atoms with Crippen molar-refractivity contribution in [3.63, 3.8) is 0 Å². The summed E-state index contributed by atoms with van der Waals surface area (Å²) in [6.07, 6.45) is 5.44. The molecule has 0 amide bonds. The van der Waals surface area contributed by atoms with Crippen molar-refractivity contribution < 1.29 is 9.47 Å². The fourth-order valence-corrected chi connectivity index (χ4v) is 2.66. The van der Waals surface area contributed by atoms with Gasteiger partial charge >= 0.3 is 0 Å². The molecule has 0 radical (unpaired) electrons. The van der Waals surface area contributed by atoms with Gasteiger partial charge in [-0.1, -0.05) is 31.9 Å². The van der Waals surface area contributed by atoms with E-state index in [0.717, 1.165) is 31.4 Å². The Labute approximate surface area is 122 Å². The third-order valence-electron chi connectivity index (χ3n) is 3.80. The average molecular weight is 277 g/mol. The monoisotopic (exact) mass is 277 g/mol. The predicted molar refractivity (Wildman–Crippen MR) is 82.1 cm³/mol. The van der Waals surface area contributed by atoms with E-state index in [1.54, 1.807) is 0 Å². The lowest BCUT2D eigenvalue weighted by atomic mass is 10.1. The minimum atomic E-state index is 0.636. The van der Waals surface area contributed by atoms with Crippen LogP contribution in [0.25, 0.3) is 0 Å². The molecule has 1 aromatic carbocycles. The number of benzene rings is 1. The van der Waals surface area contributed by atoms with Gasteiger partial charge in [-0.3, -0.25) is 0 Å². The molecule has 3 nitrogen and oxygen atoms in total. The Hall–Kier alpha value is -1.06. The normalized spacial score (nSPS) is 15.7. The Morgan fingerprint density at radius 2 is 2.05 bits per heavy atom. The van der Waals surface area contributed by atoms with E-state index in [2.05, 4.69) is 24.4 Å². The van der Waals surface area contributed by atoms with Gasteiger partial charge < -0.3 is 14.8 Å². The van der Waals surface area contributed by atoms with Gasteiger partial charge in [0.2, 0.25) is 0 Å². The minimum Gasteiger partial charge on any atom is -0.491 e. The van der Waals surface area contributed by atoms with Crippen LogP contribution >= 0.6 is 0 Å². The zero-order valence-electron chi connectivity index (χ0n) is 12.6. The second-order valence-corrected chi connectivity index (χ2v) is 5.50. The van der Waals surface area contributed by atoms with Crippen molar-refractivity contribution in [2.24, 2.45) is 5.92 Å². The van der Waals surface area contributed by atoms with E-state index in [1.807, 2.05) is 12.1 Å². The highest BCUT2D eigenvalue weighted by Crippen LogP contribution is 2.24. The first kappa shape index (κ1) is 15.3. The molecule has 112 valence electrons. The summed E-state index contributed by atoms with van der Waals surface area (Å²) >= 11 is 0. The van der Waals surface area contributed by atoms with Gasteiger partial charge in [0.25, 0.3) is 0 Å². The molecule has 0 unspecified atom stereocenters. The number of hydrogen-bond acceptors (Lipinski definition) is 3. The van der Waals surface area contributed by atoms with Gasteiger partial charge in [0.1, 0.15) is 12.4 Å². The molecule has 20 heavy (non-hydrogen) atoms. The maximum atomic E-state index is 5.74. The summed E-state index contributed by atoms with van der Waals surface area (Å²) in [5.41, 5.74) is 1.26. The van der Waals surface area contributed by atoms with E-state index in [0.29, 0.717) is 13.2 Å². The van der Waals surface area contributed by atoms with Crippen LogP contribution in [-0.2, 0) is 11.3 Å². The minimum absolute atomic E-state index is 0.636. The fraction of sp³-hybridized carbons (Fsp3) is 0.647. The maximum Gasteiger partial charge on any atom is 0.119 e. The molecule has 3 heteroatoms. The molecule has 2 rings (SSSR count). The smallest absolute Gasteiger partial charge is 0.119 e. The van der Waals surface area contributed by atoms with Gasteiger partial charge in [-0.25, -0.2) is 0 Å². The van der Waals surface area contributed by atoms with Crippen LogP contribution in [0.3, 0.4) is 0 Å². The number of rotatable bonds is 9. The third-order valence-corrected chi connectivity index (χ3v) is 3.80. The van der Waals surface area contributed by atoms with Gasteiger partial charge in [0.05, 0.1) is 6.61 Å². The van der Waals surface area contributed by atoms with Gasteiger partial charge in [0.15, 0.2) is 0 Å². The van der Waals surface area contributed by atoms with Crippen molar-refractivity contribution in [3.05, 3.63) is 29.8 Å². The lowest BCUT2D eigenvalue weighted by Gasteiger charge is -2.11. The van der Waals surface area contributed by atoms with Crippen LogP contribution in [0.1, 0.15) is 38.2 Å². The van der Waals surface area contributed by atoms with E-state index in [-0.39, 0.29) is 0 Å². The zero-order chi connectivity index (χ0) is 14.0. The standard InChI is InChI=1S/C17H27NO2/c1-2-18-13-16-8-5-9-17(12-16)20-11-10-19-14-15-6-3-4-7-15/h5,8-9,12,15,18H,2-4,6-7,10-11,13-14H2,1H3. The summed E-state index contributed by atoms with van der Waals surface area (Å²) in [5, 5.41) is 3.32. The van der Waals surface area contributed by atoms with Crippen molar-refractivity contribution in [1.82, 2.24) is 5.32 Å². The Balaban J connectivity index is 1.60. The molecule has 1 N–H and O–H groups in total. The predicted octanol–water partition coefficient (Wildman–Crippen LogP) is 3.38. The van der Waals surface area contributed by atoms with Crippen LogP contribution in [0.2, 0.25) is 0 Å². The molecule has 0 saturated heterocycles. The van der Waals surface area contributed by atoms with Crippen LogP contribution in [0.4, 0.5) is 0 Å². The number of hydrogen-bond donors (Lipinski definition) is 1. The van der Waals surface area contributed by atoms with Gasteiger partial charge in [0, 0.05) is 13.2 Å². The fourth-order valence-electron chi connectivity index (χ4n) is 2.66. The van der Waals surface area contributed by atoms with Crippen LogP contribution in [0, 0.1) is 5.92 Å². The van der Waals surface area contributed by atoms with Gasteiger partial charge in [-0.2, -0.15) is 0 Å². The van der Waals surface area contributed by atoms with E-state index in [9.17, 15) is 0 Å². The summed E-state index contributed by atoms with van der Waals surface area (Å²) in [6, 6.07) is 8.26. The van der Waals surface area contributed by atoms with E-state index in [1.165, 1.54) is 31.2 Å². The second-order valence-electron chi connectivity index (χ2n) is 5.50. The molecule has 1 aliphatic carbocycles. The highest BCUT2D eigenvalue weighted by molar-refractivity contribution is 5.28. The molecule has 1 aliphatic rings. The van der Waals surface area contributed by atoms with E-state index >= 15 is 0 Å². The SMILES string of the molecule is CCNCc1cccc(OCCOCC2CCCC2)c1. The Morgan fingerprint density at radius 3 is 2.85 bits per heavy atom. The molecular weight excluding hydrogens is 250 g/mol. The van der Waals surface area contributed by atoms with Gasteiger partial charge in [-0.15, -0.1) is 0 Å². The van der Waals surface area contributed by atoms with E-state index in [4.69, 9.17) is 9.47 Å². The molecule has 0 spiro atoms. The summed E-state index contributed by atoms with van der Waals surface area (Å²) < 4.78 is 11.4. The first-order chi connectivity index (χ1) is 9.88. The van der Waals surface area contributed by atoms with Crippen LogP contribution < -0.4 is 10.1 Å². The topological polar surface area (TPSA) is 30.5 Å². The summed E-state index contributed by atoms with van der Waals surface area (Å²) in [4.78, 5) is 0. The zero-order valence-corrected chi connectivity index (χ0v) is 12.6. The molecule has 0 heterocycles. The van der Waals surface area contributed by atoms with Crippen molar-refractivity contribution in [3.8, 4) is 5.75 Å². The quantitative estimate of drug-likeness (QED) is 0.702. The number of ether oxygens (including phenoxy) is 2. The Bertz CT molecular complexity index is 375. The van der Waals surface area contributed by atoms with Crippen molar-refractivity contribution in [1.29, 1.82) is 0 Å². The summed E-state index contributed by atoms with van der Waals surface area (Å²) in [7, 11) is 0. The molecular formula is C17H27NO2. The van der Waals surface area contributed by atoms with Crippen LogP contribution in [-0.4, -0.2) is 26.4 Å². The largest absolute Gasteiger partial charge is 0.491 e. The molecule has 1 aromatic rings. The van der Waals surface area contributed by atoms with Crippen molar-refractivity contribution in [2.75, 3.05) is 26.4 Å². The van der Waals surface area contributed by atoms with Crippen molar-refractivity contribution >= 4 is 0 Å². The molecule has 0 bridgehead atoms. The summed E-state index contributed by atoms with van der Waals surface area (Å²) in [5.74, 6) is 1.73. The van der Waals surface area contributed by atoms with Crippen molar-refractivity contribution in [2.45, 2.75) is 39.2 Å². The maximum absolute atomic E-state index is 5.74. The highest BCUT2D eigenvalue weighted by atomic mass is 16.5. The lowest BCUT2D eigenvalue weighted by Crippen LogP contribution is -2.13. The lowest BCUT2D eigenvalue weighted by molar-refractivity contribution is 0.0754. The highest BCUT2D eigenvalue weighted by Gasteiger charge is 2.14.